The Kier molecular flexibility index (Phi) is 3.68. The number of nitrogens with two attached hydrogens (primary N) is 1. The van der Waals surface area contributed by atoms with Crippen molar-refractivity contribution in [3.8, 4) is 0 Å². The Morgan fingerprint density at radius 2 is 2.06 bits per heavy atom. The Morgan fingerprint density at radius 1 is 1.35 bits per heavy atom. The third-order valence-corrected chi connectivity index (χ3v) is 3.56. The first-order valence-electron chi connectivity index (χ1n) is 5.48. The molecule has 0 heterocycles. The predicted molar refractivity (Wildman–Crippen MR) is 67.7 cm³/mol. The number of para-hydroxylation sites is 1. The van der Waals surface area contributed by atoms with Crippen LogP contribution in [0.3, 0.4) is 0 Å². The Hall–Kier alpha value is -1.49. The molecule has 0 aliphatic heterocycles. The number of hydrogen-bond donors (Lipinski definition) is 2. The maximum absolute atomic E-state index is 11.7. The summed E-state index contributed by atoms with van der Waals surface area (Å²) in [4.78, 5) is 23.3. The van der Waals surface area contributed by atoms with Gasteiger partial charge in [-0.2, -0.15) is 0 Å². The molecule has 2 rings (SSSR count). The zero-order valence-electron chi connectivity index (χ0n) is 9.31. The van der Waals surface area contributed by atoms with Crippen LogP contribution in [0, 0.1) is 5.92 Å². The van der Waals surface area contributed by atoms with E-state index in [0.29, 0.717) is 0 Å². The number of anilines is 1. The molecule has 1 aromatic carbocycles. The van der Waals surface area contributed by atoms with Gasteiger partial charge in [0.25, 0.3) is 0 Å². The average Bonchev–Trinajstić information content (AvgIpc) is 3.11. The van der Waals surface area contributed by atoms with Gasteiger partial charge in [0.05, 0.1) is 11.4 Å². The third-order valence-electron chi connectivity index (χ3n) is 2.46. The summed E-state index contributed by atoms with van der Waals surface area (Å²) in [6.45, 7) is 0. The lowest BCUT2D eigenvalue weighted by atomic mass is 10.3. The van der Waals surface area contributed by atoms with Gasteiger partial charge in [0.1, 0.15) is 0 Å². The number of amides is 2. The summed E-state index contributed by atoms with van der Waals surface area (Å²) >= 11 is 1.34. The first kappa shape index (κ1) is 12.0. The number of carbonyl (C=O) groups excluding carboxylic acids is 2. The fraction of sp³-hybridized carbons (Fsp3) is 0.333. The molecule has 5 heteroatoms. The van der Waals surface area contributed by atoms with Gasteiger partial charge in [-0.05, 0) is 25.0 Å². The number of carbonyl (C=O) groups is 2. The Labute approximate surface area is 104 Å². The maximum atomic E-state index is 11.7. The molecule has 0 saturated heterocycles. The first-order chi connectivity index (χ1) is 8.16. The minimum absolute atomic E-state index is 0.0668. The van der Waals surface area contributed by atoms with Gasteiger partial charge in [0.15, 0.2) is 0 Å². The fourth-order valence-corrected chi connectivity index (χ4v) is 2.17. The van der Waals surface area contributed by atoms with E-state index < -0.39 is 0 Å². The van der Waals surface area contributed by atoms with Crippen LogP contribution < -0.4 is 11.1 Å². The molecule has 4 nitrogen and oxygen atoms in total. The summed E-state index contributed by atoms with van der Waals surface area (Å²) in [6, 6.07) is 7.44. The van der Waals surface area contributed by atoms with E-state index >= 15 is 0 Å². The summed E-state index contributed by atoms with van der Waals surface area (Å²) in [5.41, 5.74) is 5.86. The van der Waals surface area contributed by atoms with E-state index in [9.17, 15) is 9.59 Å². The highest BCUT2D eigenvalue weighted by Gasteiger charge is 2.29. The zero-order valence-corrected chi connectivity index (χ0v) is 10.1. The number of rotatable bonds is 5. The largest absolute Gasteiger partial charge is 0.369 e. The molecule has 1 aromatic rings. The molecule has 1 fully saturated rings. The van der Waals surface area contributed by atoms with Crippen molar-refractivity contribution in [2.24, 2.45) is 11.7 Å². The molecule has 0 atom stereocenters. The number of thioether (sulfide) groups is 1. The molecule has 0 aromatic heterocycles. The van der Waals surface area contributed by atoms with Gasteiger partial charge in [-0.1, -0.05) is 12.1 Å². The molecule has 1 aliphatic carbocycles. The van der Waals surface area contributed by atoms with E-state index in [1.54, 1.807) is 0 Å². The maximum Gasteiger partial charge on any atom is 0.227 e. The summed E-state index contributed by atoms with van der Waals surface area (Å²) < 4.78 is 0. The second-order valence-corrected chi connectivity index (χ2v) is 5.03. The van der Waals surface area contributed by atoms with Crippen LogP contribution in [0.25, 0.3) is 0 Å². The van der Waals surface area contributed by atoms with Crippen LogP contribution in [-0.4, -0.2) is 17.6 Å². The summed E-state index contributed by atoms with van der Waals surface area (Å²) in [6.07, 6.45) is 1.95. The normalized spacial score (nSPS) is 14.4. The van der Waals surface area contributed by atoms with Crippen molar-refractivity contribution in [3.63, 3.8) is 0 Å². The Bertz CT molecular complexity index is 444. The molecular formula is C12H14N2O2S. The summed E-state index contributed by atoms with van der Waals surface area (Å²) in [5.74, 6) is 0.0932. The number of hydrogen-bond acceptors (Lipinski definition) is 3. The van der Waals surface area contributed by atoms with Crippen molar-refractivity contribution in [2.45, 2.75) is 17.7 Å². The van der Waals surface area contributed by atoms with Crippen LogP contribution in [0.2, 0.25) is 0 Å². The van der Waals surface area contributed by atoms with Crippen LogP contribution in [0.15, 0.2) is 29.2 Å². The molecule has 3 N–H and O–H groups in total. The zero-order chi connectivity index (χ0) is 12.3. The minimum atomic E-state index is -0.363. The van der Waals surface area contributed by atoms with Gasteiger partial charge in [0.2, 0.25) is 11.8 Å². The first-order valence-corrected chi connectivity index (χ1v) is 6.46. The second-order valence-electron chi connectivity index (χ2n) is 4.01. The molecule has 0 spiro atoms. The van der Waals surface area contributed by atoms with E-state index in [-0.39, 0.29) is 23.5 Å². The van der Waals surface area contributed by atoms with Crippen LogP contribution in [0.1, 0.15) is 12.8 Å². The Balaban J connectivity index is 2.03. The molecule has 0 bridgehead atoms. The van der Waals surface area contributed by atoms with Crippen molar-refractivity contribution in [1.82, 2.24) is 0 Å². The lowest BCUT2D eigenvalue weighted by molar-refractivity contribution is -0.117. The van der Waals surface area contributed by atoms with Gasteiger partial charge >= 0.3 is 0 Å². The number of primary amides is 1. The highest BCUT2D eigenvalue weighted by Crippen LogP contribution is 2.32. The van der Waals surface area contributed by atoms with Crippen LogP contribution in [-0.2, 0) is 9.59 Å². The van der Waals surface area contributed by atoms with Crippen molar-refractivity contribution >= 4 is 29.3 Å². The second kappa shape index (κ2) is 5.23. The van der Waals surface area contributed by atoms with Gasteiger partial charge in [-0.3, -0.25) is 9.59 Å². The molecule has 17 heavy (non-hydrogen) atoms. The molecule has 90 valence electrons. The Morgan fingerprint density at radius 3 is 2.71 bits per heavy atom. The standard InChI is InChI=1S/C12H14N2O2S/c13-11(15)7-17-10-4-2-1-3-9(10)14-12(16)8-5-6-8/h1-4,8H,5-7H2,(H2,13,15)(H,14,16). The van der Waals surface area contributed by atoms with Gasteiger partial charge in [-0.15, -0.1) is 11.8 Å². The lowest BCUT2D eigenvalue weighted by Crippen LogP contribution is -2.15. The quantitative estimate of drug-likeness (QED) is 0.780. The average molecular weight is 250 g/mol. The third kappa shape index (κ3) is 3.49. The smallest absolute Gasteiger partial charge is 0.227 e. The molecule has 1 saturated carbocycles. The van der Waals surface area contributed by atoms with E-state index in [1.165, 1.54) is 11.8 Å². The molecular weight excluding hydrogens is 236 g/mol. The van der Waals surface area contributed by atoms with Crippen molar-refractivity contribution in [3.05, 3.63) is 24.3 Å². The van der Waals surface area contributed by atoms with Gasteiger partial charge < -0.3 is 11.1 Å². The lowest BCUT2D eigenvalue weighted by Gasteiger charge is -2.09. The van der Waals surface area contributed by atoms with Crippen molar-refractivity contribution in [1.29, 1.82) is 0 Å². The molecule has 0 radical (unpaired) electrons. The molecule has 0 unspecified atom stereocenters. The molecule has 1 aliphatic rings. The summed E-state index contributed by atoms with van der Waals surface area (Å²) in [7, 11) is 0. The van der Waals surface area contributed by atoms with E-state index in [2.05, 4.69) is 5.32 Å². The van der Waals surface area contributed by atoms with E-state index in [0.717, 1.165) is 23.4 Å². The predicted octanol–water partition coefficient (Wildman–Crippen LogP) is 1.61. The van der Waals surface area contributed by atoms with Gasteiger partial charge in [0, 0.05) is 10.8 Å². The highest BCUT2D eigenvalue weighted by atomic mass is 32.2. The van der Waals surface area contributed by atoms with Gasteiger partial charge in [-0.25, -0.2) is 0 Å². The van der Waals surface area contributed by atoms with Crippen LogP contribution >= 0.6 is 11.8 Å². The fourth-order valence-electron chi connectivity index (χ4n) is 1.42. The topological polar surface area (TPSA) is 72.2 Å². The van der Waals surface area contributed by atoms with E-state index in [1.807, 2.05) is 24.3 Å². The van der Waals surface area contributed by atoms with Crippen molar-refractivity contribution < 1.29 is 9.59 Å². The van der Waals surface area contributed by atoms with Crippen LogP contribution in [0.5, 0.6) is 0 Å². The van der Waals surface area contributed by atoms with E-state index in [4.69, 9.17) is 5.73 Å². The highest BCUT2D eigenvalue weighted by molar-refractivity contribution is 8.00. The molecule has 2 amide bonds. The number of nitrogens with one attached hydrogen (secondary N) is 1. The SMILES string of the molecule is NC(=O)CSc1ccccc1NC(=O)C1CC1. The minimum Gasteiger partial charge on any atom is -0.369 e. The monoisotopic (exact) mass is 250 g/mol. The number of benzene rings is 1. The van der Waals surface area contributed by atoms with Crippen LogP contribution in [0.4, 0.5) is 5.69 Å². The summed E-state index contributed by atoms with van der Waals surface area (Å²) in [5, 5.41) is 2.88. The van der Waals surface area contributed by atoms with Crippen molar-refractivity contribution in [2.75, 3.05) is 11.1 Å².